The molecule has 0 unspecified atom stereocenters. The van der Waals surface area contributed by atoms with Gasteiger partial charge in [-0.05, 0) is 36.2 Å². The first kappa shape index (κ1) is 16.9. The summed E-state index contributed by atoms with van der Waals surface area (Å²) < 4.78 is 6.78. The van der Waals surface area contributed by atoms with Crippen LogP contribution in [0.2, 0.25) is 0 Å². The Kier molecular flexibility index (Phi) is 4.15. The number of aromatic amines is 1. The van der Waals surface area contributed by atoms with Crippen LogP contribution in [0.15, 0.2) is 56.7 Å². The Morgan fingerprint density at radius 2 is 2.04 bits per heavy atom. The SMILES string of the molecule is CC(C)Cn1c(=O)c(=O)[nH]c2cc(-c3noc(-c4ccccn4)n3)ccc21. The number of nitrogens with one attached hydrogen (secondary N) is 1. The van der Waals surface area contributed by atoms with Crippen molar-refractivity contribution in [1.29, 1.82) is 0 Å². The molecule has 1 N–H and O–H groups in total. The van der Waals surface area contributed by atoms with E-state index < -0.39 is 11.1 Å². The van der Waals surface area contributed by atoms with Gasteiger partial charge < -0.3 is 14.1 Å². The molecule has 0 aliphatic rings. The zero-order chi connectivity index (χ0) is 19.0. The highest BCUT2D eigenvalue weighted by Crippen LogP contribution is 2.23. The molecule has 8 nitrogen and oxygen atoms in total. The molecular formula is C19H17N5O3. The van der Waals surface area contributed by atoms with E-state index >= 15 is 0 Å². The molecule has 136 valence electrons. The molecule has 0 aliphatic carbocycles. The molecule has 0 spiro atoms. The lowest BCUT2D eigenvalue weighted by Gasteiger charge is -2.12. The van der Waals surface area contributed by atoms with Crippen molar-refractivity contribution < 1.29 is 4.52 Å². The number of fused-ring (bicyclic) bond motifs is 1. The van der Waals surface area contributed by atoms with Crippen molar-refractivity contribution in [2.75, 3.05) is 0 Å². The number of benzene rings is 1. The monoisotopic (exact) mass is 363 g/mol. The Hall–Kier alpha value is -3.55. The third-order valence-corrected chi connectivity index (χ3v) is 4.09. The fourth-order valence-corrected chi connectivity index (χ4v) is 2.90. The van der Waals surface area contributed by atoms with Crippen LogP contribution < -0.4 is 11.1 Å². The van der Waals surface area contributed by atoms with E-state index in [0.29, 0.717) is 40.6 Å². The fraction of sp³-hybridized carbons (Fsp3) is 0.211. The van der Waals surface area contributed by atoms with Gasteiger partial charge in [-0.1, -0.05) is 25.1 Å². The van der Waals surface area contributed by atoms with Gasteiger partial charge in [0.1, 0.15) is 5.69 Å². The summed E-state index contributed by atoms with van der Waals surface area (Å²) in [7, 11) is 0. The molecule has 1 aromatic carbocycles. The molecule has 4 aromatic rings. The van der Waals surface area contributed by atoms with E-state index in [9.17, 15) is 9.59 Å². The molecular weight excluding hydrogens is 346 g/mol. The molecule has 0 saturated carbocycles. The van der Waals surface area contributed by atoms with Gasteiger partial charge in [-0.15, -0.1) is 0 Å². The Labute approximate surface area is 153 Å². The number of nitrogens with zero attached hydrogens (tertiary/aromatic N) is 4. The van der Waals surface area contributed by atoms with E-state index in [1.165, 1.54) is 4.57 Å². The van der Waals surface area contributed by atoms with Crippen LogP contribution in [0.3, 0.4) is 0 Å². The van der Waals surface area contributed by atoms with E-state index in [2.05, 4.69) is 20.1 Å². The normalized spacial score (nSPS) is 11.4. The lowest BCUT2D eigenvalue weighted by atomic mass is 10.1. The lowest BCUT2D eigenvalue weighted by molar-refractivity contribution is 0.431. The second-order valence-corrected chi connectivity index (χ2v) is 6.63. The van der Waals surface area contributed by atoms with Crippen LogP contribution in [0.5, 0.6) is 0 Å². The van der Waals surface area contributed by atoms with E-state index in [1.807, 2.05) is 19.9 Å². The summed E-state index contributed by atoms with van der Waals surface area (Å²) in [5.41, 5.74) is 1.24. The maximum Gasteiger partial charge on any atom is 0.316 e. The summed E-state index contributed by atoms with van der Waals surface area (Å²) in [6, 6.07) is 10.7. The van der Waals surface area contributed by atoms with Crippen molar-refractivity contribution in [2.24, 2.45) is 5.92 Å². The Morgan fingerprint density at radius 1 is 1.19 bits per heavy atom. The third-order valence-electron chi connectivity index (χ3n) is 4.09. The predicted octanol–water partition coefficient (Wildman–Crippen LogP) is 2.46. The molecule has 0 bridgehead atoms. The van der Waals surface area contributed by atoms with Crippen molar-refractivity contribution in [3.8, 4) is 23.0 Å². The number of H-pyrrole nitrogens is 1. The minimum absolute atomic E-state index is 0.227. The Bertz CT molecular complexity index is 1220. The van der Waals surface area contributed by atoms with Gasteiger partial charge in [0.25, 0.3) is 5.89 Å². The first-order valence-corrected chi connectivity index (χ1v) is 8.55. The first-order valence-electron chi connectivity index (χ1n) is 8.55. The van der Waals surface area contributed by atoms with Crippen molar-refractivity contribution in [3.05, 3.63) is 63.3 Å². The van der Waals surface area contributed by atoms with E-state index in [1.54, 1.807) is 36.5 Å². The highest BCUT2D eigenvalue weighted by atomic mass is 16.5. The molecule has 0 atom stereocenters. The summed E-state index contributed by atoms with van der Waals surface area (Å²) in [4.78, 5) is 35.4. The largest absolute Gasteiger partial charge is 0.332 e. The minimum Gasteiger partial charge on any atom is -0.332 e. The molecule has 3 aromatic heterocycles. The van der Waals surface area contributed by atoms with E-state index in [4.69, 9.17) is 4.52 Å². The quantitative estimate of drug-likeness (QED) is 0.558. The topological polar surface area (TPSA) is 107 Å². The van der Waals surface area contributed by atoms with E-state index in [-0.39, 0.29) is 5.92 Å². The highest BCUT2D eigenvalue weighted by molar-refractivity contribution is 5.80. The van der Waals surface area contributed by atoms with Crippen LogP contribution >= 0.6 is 0 Å². The molecule has 0 aliphatic heterocycles. The predicted molar refractivity (Wildman–Crippen MR) is 100 cm³/mol. The molecule has 0 fully saturated rings. The average molecular weight is 363 g/mol. The number of hydrogen-bond acceptors (Lipinski definition) is 6. The first-order chi connectivity index (χ1) is 13.0. The van der Waals surface area contributed by atoms with Crippen LogP contribution in [0.25, 0.3) is 34.0 Å². The van der Waals surface area contributed by atoms with Gasteiger partial charge in [-0.25, -0.2) is 0 Å². The molecule has 0 saturated heterocycles. The number of aromatic nitrogens is 5. The smallest absolute Gasteiger partial charge is 0.316 e. The molecule has 0 amide bonds. The standard InChI is InChI=1S/C19H17N5O3/c1-11(2)10-24-15-7-6-12(9-14(15)21-17(25)19(24)26)16-22-18(27-23-16)13-5-3-4-8-20-13/h3-9,11H,10H2,1-2H3,(H,21,25). The van der Waals surface area contributed by atoms with Crippen molar-refractivity contribution in [3.63, 3.8) is 0 Å². The van der Waals surface area contributed by atoms with E-state index in [0.717, 1.165) is 0 Å². The second-order valence-electron chi connectivity index (χ2n) is 6.63. The molecule has 4 rings (SSSR count). The average Bonchev–Trinajstić information content (AvgIpc) is 3.16. The highest BCUT2D eigenvalue weighted by Gasteiger charge is 2.14. The zero-order valence-corrected chi connectivity index (χ0v) is 14.8. The van der Waals surface area contributed by atoms with Gasteiger partial charge in [-0.3, -0.25) is 14.6 Å². The summed E-state index contributed by atoms with van der Waals surface area (Å²) >= 11 is 0. The van der Waals surface area contributed by atoms with Crippen LogP contribution in [0.4, 0.5) is 0 Å². The van der Waals surface area contributed by atoms with Gasteiger partial charge >= 0.3 is 11.1 Å². The van der Waals surface area contributed by atoms with Crippen LogP contribution in [0, 0.1) is 5.92 Å². The third kappa shape index (κ3) is 3.17. The Morgan fingerprint density at radius 3 is 2.78 bits per heavy atom. The van der Waals surface area contributed by atoms with Crippen molar-refractivity contribution in [1.82, 2.24) is 24.7 Å². The van der Waals surface area contributed by atoms with Gasteiger partial charge in [0.2, 0.25) is 5.82 Å². The van der Waals surface area contributed by atoms with Crippen LogP contribution in [-0.2, 0) is 6.54 Å². The molecule has 27 heavy (non-hydrogen) atoms. The maximum absolute atomic E-state index is 12.2. The van der Waals surface area contributed by atoms with Gasteiger partial charge in [0.15, 0.2) is 0 Å². The summed E-state index contributed by atoms with van der Waals surface area (Å²) in [6.45, 7) is 4.45. The lowest BCUT2D eigenvalue weighted by Crippen LogP contribution is -2.37. The number of pyridine rings is 1. The number of rotatable bonds is 4. The minimum atomic E-state index is -0.650. The van der Waals surface area contributed by atoms with Crippen molar-refractivity contribution >= 4 is 11.0 Å². The second kappa shape index (κ2) is 6.64. The van der Waals surface area contributed by atoms with Gasteiger partial charge in [0.05, 0.1) is 11.0 Å². The zero-order valence-electron chi connectivity index (χ0n) is 14.8. The maximum atomic E-state index is 12.2. The van der Waals surface area contributed by atoms with Gasteiger partial charge in [-0.2, -0.15) is 4.98 Å². The molecule has 8 heteroatoms. The summed E-state index contributed by atoms with van der Waals surface area (Å²) in [5, 5.41) is 3.99. The van der Waals surface area contributed by atoms with Gasteiger partial charge in [0, 0.05) is 18.3 Å². The summed E-state index contributed by atoms with van der Waals surface area (Å²) in [5.74, 6) is 0.912. The molecule has 0 radical (unpaired) electrons. The molecule has 3 heterocycles. The summed E-state index contributed by atoms with van der Waals surface area (Å²) in [6.07, 6.45) is 1.65. The van der Waals surface area contributed by atoms with Crippen LogP contribution in [-0.4, -0.2) is 24.7 Å². The van der Waals surface area contributed by atoms with Crippen LogP contribution in [0.1, 0.15) is 13.8 Å². The van der Waals surface area contributed by atoms with Crippen molar-refractivity contribution in [2.45, 2.75) is 20.4 Å². The number of hydrogen-bond donors (Lipinski definition) is 1. The fourth-order valence-electron chi connectivity index (χ4n) is 2.90. The Balaban J connectivity index is 1.81.